The van der Waals surface area contributed by atoms with Crippen molar-refractivity contribution in [1.29, 1.82) is 0 Å². The van der Waals surface area contributed by atoms with E-state index in [0.29, 0.717) is 9.75 Å². The molecule has 0 aliphatic rings. The molecule has 1 amide bonds. The number of hydrogen-bond acceptors (Lipinski definition) is 5. The predicted molar refractivity (Wildman–Crippen MR) is 85.6 cm³/mol. The Labute approximate surface area is 132 Å². The lowest BCUT2D eigenvalue weighted by atomic mass is 10.1. The zero-order valence-electron chi connectivity index (χ0n) is 12.0. The van der Waals surface area contributed by atoms with Gasteiger partial charge >= 0.3 is 5.97 Å². The number of carbonyl (C=O) groups is 2. The van der Waals surface area contributed by atoms with Gasteiger partial charge in [-0.05, 0) is 12.1 Å². The Morgan fingerprint density at radius 1 is 1.52 bits per heavy atom. The second kappa shape index (κ2) is 6.95. The van der Waals surface area contributed by atoms with Crippen molar-refractivity contribution in [2.45, 2.75) is 32.4 Å². The van der Waals surface area contributed by atoms with Crippen molar-refractivity contribution in [3.8, 4) is 0 Å². The molecule has 0 aliphatic heterocycles. The number of amides is 1. The molecule has 0 saturated heterocycles. The number of nitrogens with one attached hydrogen (secondary N) is 1. The van der Waals surface area contributed by atoms with Crippen LogP contribution in [0.5, 0.6) is 0 Å². The molecule has 116 valence electrons. The van der Waals surface area contributed by atoms with Crippen LogP contribution in [-0.4, -0.2) is 45.3 Å². The highest BCUT2D eigenvalue weighted by atomic mass is 32.1. The maximum Gasteiger partial charge on any atom is 0.327 e. The lowest BCUT2D eigenvalue weighted by Gasteiger charge is -2.18. The minimum atomic E-state index is -1.14. The molecule has 0 bridgehead atoms. The van der Waals surface area contributed by atoms with Crippen LogP contribution in [0.2, 0.25) is 0 Å². The molecule has 2 N–H and O–H groups in total. The molecule has 21 heavy (non-hydrogen) atoms. The van der Waals surface area contributed by atoms with Crippen molar-refractivity contribution < 1.29 is 19.4 Å². The molecule has 1 unspecified atom stereocenters. The summed E-state index contributed by atoms with van der Waals surface area (Å²) in [4.78, 5) is 23.7. The second-order valence-electron chi connectivity index (χ2n) is 5.37. The highest BCUT2D eigenvalue weighted by Crippen LogP contribution is 2.16. The first-order valence-electron chi connectivity index (χ1n) is 6.21. The number of carboxylic acid groups (broad SMARTS) is 1. The fraction of sp³-hybridized carbons (Fsp3) is 0.462. The van der Waals surface area contributed by atoms with E-state index in [2.05, 4.69) is 17.9 Å². The van der Waals surface area contributed by atoms with Gasteiger partial charge in [-0.25, -0.2) is 9.53 Å². The van der Waals surface area contributed by atoms with E-state index in [4.69, 9.17) is 5.11 Å². The lowest BCUT2D eigenvalue weighted by molar-refractivity contribution is -0.530. The number of aliphatic carboxylic acids is 1. The van der Waals surface area contributed by atoms with E-state index in [1.54, 1.807) is 32.9 Å². The minimum absolute atomic E-state index is 0.00376. The normalized spacial score (nSPS) is 13.8. The van der Waals surface area contributed by atoms with E-state index in [1.807, 2.05) is 0 Å². The van der Waals surface area contributed by atoms with Gasteiger partial charge < -0.3 is 15.6 Å². The quantitative estimate of drug-likeness (QED) is 0.251. The minimum Gasteiger partial charge on any atom is -0.623 e. The first-order chi connectivity index (χ1) is 9.65. The molecule has 0 saturated carbocycles. The molecule has 1 atom stereocenters. The summed E-state index contributed by atoms with van der Waals surface area (Å²) in [6.45, 7) is 5.34. The van der Waals surface area contributed by atoms with Crippen LogP contribution in [0.1, 0.15) is 35.3 Å². The lowest BCUT2D eigenvalue weighted by Crippen LogP contribution is -2.41. The van der Waals surface area contributed by atoms with Gasteiger partial charge in [0.2, 0.25) is 0 Å². The van der Waals surface area contributed by atoms with E-state index in [0.717, 1.165) is 16.1 Å². The van der Waals surface area contributed by atoms with Crippen molar-refractivity contribution in [3.05, 3.63) is 27.1 Å². The first kappa shape index (κ1) is 17.5. The highest BCUT2D eigenvalue weighted by Gasteiger charge is 2.21. The summed E-state index contributed by atoms with van der Waals surface area (Å²) >= 11 is 5.00. The fourth-order valence-electron chi connectivity index (χ4n) is 1.27. The fourth-order valence-corrected chi connectivity index (χ4v) is 2.34. The monoisotopic (exact) mass is 330 g/mol. The van der Waals surface area contributed by atoms with Crippen molar-refractivity contribution in [1.82, 2.24) is 5.32 Å². The molecular weight excluding hydrogens is 312 g/mol. The molecule has 0 fully saturated rings. The summed E-state index contributed by atoms with van der Waals surface area (Å²) in [5.74, 6) is -1.63. The number of nitrogens with zero attached hydrogens (tertiary/aromatic N) is 1. The van der Waals surface area contributed by atoms with Gasteiger partial charge in [-0.1, -0.05) is 0 Å². The molecule has 1 aromatic heterocycles. The molecule has 0 spiro atoms. The van der Waals surface area contributed by atoms with Crippen molar-refractivity contribution in [2.24, 2.45) is 0 Å². The van der Waals surface area contributed by atoms with Crippen LogP contribution in [0, 0.1) is 5.21 Å². The summed E-state index contributed by atoms with van der Waals surface area (Å²) in [6, 6.07) is 2.16. The molecular formula is C13H18N2O4S2. The summed E-state index contributed by atoms with van der Waals surface area (Å²) < 4.78 is 0.814. The van der Waals surface area contributed by atoms with Crippen molar-refractivity contribution in [3.63, 3.8) is 0 Å². The Morgan fingerprint density at radius 3 is 2.62 bits per heavy atom. The van der Waals surface area contributed by atoms with Crippen LogP contribution in [0.4, 0.5) is 0 Å². The SMILES string of the molecule is CC(C)(C)/[N+]([O-])=C\c1ccc(C(=O)NC(CS)C(=O)O)s1. The van der Waals surface area contributed by atoms with Gasteiger partial charge in [0.1, 0.15) is 6.04 Å². The van der Waals surface area contributed by atoms with Gasteiger partial charge in [0.05, 0.1) is 9.75 Å². The highest BCUT2D eigenvalue weighted by molar-refractivity contribution is 7.80. The molecule has 0 aliphatic carbocycles. The predicted octanol–water partition coefficient (Wildman–Crippen LogP) is 1.59. The van der Waals surface area contributed by atoms with Crippen LogP contribution < -0.4 is 5.32 Å². The molecule has 0 radical (unpaired) electrons. The summed E-state index contributed by atoms with van der Waals surface area (Å²) in [7, 11) is 0. The van der Waals surface area contributed by atoms with Gasteiger partial charge in [-0.15, -0.1) is 11.3 Å². The first-order valence-corrected chi connectivity index (χ1v) is 7.65. The summed E-state index contributed by atoms with van der Waals surface area (Å²) in [5.41, 5.74) is -0.563. The van der Waals surface area contributed by atoms with Crippen molar-refractivity contribution >= 4 is 42.1 Å². The summed E-state index contributed by atoms with van der Waals surface area (Å²) in [5, 5.41) is 23.0. The zero-order valence-corrected chi connectivity index (χ0v) is 13.7. The maximum atomic E-state index is 11.9. The van der Waals surface area contributed by atoms with E-state index < -0.39 is 23.5 Å². The standard InChI is InChI=1S/C13H18N2O4S2/c1-13(2,3)15(19)6-8-4-5-10(21-8)11(16)14-9(7-20)12(17)18/h4-6,9,20H,7H2,1-3H3,(H,14,16)(H,17,18)/b15-6+. The zero-order chi connectivity index (χ0) is 16.2. The molecule has 1 heterocycles. The molecule has 6 nitrogen and oxygen atoms in total. The molecule has 1 rings (SSSR count). The Bertz CT molecular complexity index is 561. The van der Waals surface area contributed by atoms with Crippen LogP contribution >= 0.6 is 24.0 Å². The Morgan fingerprint density at radius 2 is 2.14 bits per heavy atom. The number of thiophene rings is 1. The number of hydroxylamine groups is 1. The average molecular weight is 330 g/mol. The third-order valence-electron chi connectivity index (χ3n) is 2.54. The van der Waals surface area contributed by atoms with E-state index in [1.165, 1.54) is 6.21 Å². The number of carboxylic acids is 1. The van der Waals surface area contributed by atoms with Crippen molar-refractivity contribution in [2.75, 3.05) is 5.75 Å². The average Bonchev–Trinajstić information content (AvgIpc) is 2.82. The topological polar surface area (TPSA) is 92.5 Å². The Kier molecular flexibility index (Phi) is 5.79. The van der Waals surface area contributed by atoms with Crippen LogP contribution in [0.3, 0.4) is 0 Å². The molecule has 1 aromatic rings. The third-order valence-corrected chi connectivity index (χ3v) is 3.93. The number of hydrogen-bond donors (Lipinski definition) is 3. The maximum absolute atomic E-state index is 11.9. The van der Waals surface area contributed by atoms with Gasteiger partial charge in [0, 0.05) is 26.5 Å². The third kappa shape index (κ3) is 5.05. The smallest absolute Gasteiger partial charge is 0.327 e. The van der Waals surface area contributed by atoms with Crippen LogP contribution in [0.15, 0.2) is 12.1 Å². The Balaban J connectivity index is 2.84. The number of carbonyl (C=O) groups excluding carboxylic acids is 1. The summed E-state index contributed by atoms with van der Waals surface area (Å²) in [6.07, 6.45) is 1.41. The molecule has 0 aromatic carbocycles. The molecule has 8 heteroatoms. The number of rotatable bonds is 5. The largest absolute Gasteiger partial charge is 0.623 e. The van der Waals surface area contributed by atoms with E-state index in [-0.39, 0.29) is 5.75 Å². The van der Waals surface area contributed by atoms with E-state index >= 15 is 0 Å². The van der Waals surface area contributed by atoms with Gasteiger partial charge in [-0.3, -0.25) is 4.79 Å². The number of thiol groups is 1. The van der Waals surface area contributed by atoms with Crippen LogP contribution in [-0.2, 0) is 4.79 Å². The van der Waals surface area contributed by atoms with Crippen LogP contribution in [0.25, 0.3) is 0 Å². The van der Waals surface area contributed by atoms with Gasteiger partial charge in [0.25, 0.3) is 5.91 Å². The van der Waals surface area contributed by atoms with Gasteiger partial charge in [0.15, 0.2) is 11.8 Å². The second-order valence-corrected chi connectivity index (χ2v) is 6.86. The van der Waals surface area contributed by atoms with Gasteiger partial charge in [-0.2, -0.15) is 12.6 Å². The Hall–Kier alpha value is -1.54. The van der Waals surface area contributed by atoms with E-state index in [9.17, 15) is 14.8 Å².